The van der Waals surface area contributed by atoms with Gasteiger partial charge < -0.3 is 14.1 Å². The number of thiophene rings is 1. The smallest absolute Gasteiger partial charge is 0.257 e. The number of aromatic nitrogens is 2. The average molecular weight is 404 g/mol. The van der Waals surface area contributed by atoms with Crippen molar-refractivity contribution < 1.29 is 13.9 Å². The number of nitrogens with zero attached hydrogens (tertiary/aromatic N) is 3. The molecular weight excluding hydrogens is 382 g/mol. The Morgan fingerprint density at radius 3 is 2.85 bits per heavy atom. The van der Waals surface area contributed by atoms with Crippen molar-refractivity contribution in [2.24, 2.45) is 0 Å². The zero-order valence-electron chi connectivity index (χ0n) is 15.3. The lowest BCUT2D eigenvalue weighted by molar-refractivity contribution is -0.129. The van der Waals surface area contributed by atoms with Crippen molar-refractivity contribution in [1.82, 2.24) is 15.1 Å². The van der Waals surface area contributed by atoms with E-state index in [0.29, 0.717) is 30.6 Å². The fourth-order valence-electron chi connectivity index (χ4n) is 2.51. The molecule has 8 heteroatoms. The van der Waals surface area contributed by atoms with E-state index in [1.165, 1.54) is 11.8 Å². The molecule has 0 spiro atoms. The van der Waals surface area contributed by atoms with Crippen molar-refractivity contribution in [2.45, 2.75) is 24.8 Å². The molecule has 142 valence electrons. The zero-order chi connectivity index (χ0) is 19.1. The number of rotatable bonds is 9. The number of hydrogen-bond donors (Lipinski definition) is 0. The van der Waals surface area contributed by atoms with Crippen LogP contribution in [0.15, 0.2) is 51.1 Å². The highest BCUT2D eigenvalue weighted by Crippen LogP contribution is 2.29. The Kier molecular flexibility index (Phi) is 6.89. The molecule has 1 amide bonds. The third kappa shape index (κ3) is 5.11. The maximum absolute atomic E-state index is 12.7. The molecule has 0 radical (unpaired) electrons. The van der Waals surface area contributed by atoms with Crippen LogP contribution in [0.5, 0.6) is 5.75 Å². The van der Waals surface area contributed by atoms with Gasteiger partial charge in [0.1, 0.15) is 5.75 Å². The van der Waals surface area contributed by atoms with E-state index < -0.39 is 0 Å². The molecule has 0 aliphatic rings. The monoisotopic (exact) mass is 403 g/mol. The summed E-state index contributed by atoms with van der Waals surface area (Å²) in [4.78, 5) is 16.4. The van der Waals surface area contributed by atoms with Crippen LogP contribution < -0.4 is 4.74 Å². The molecule has 0 unspecified atom stereocenters. The van der Waals surface area contributed by atoms with E-state index in [9.17, 15) is 4.79 Å². The van der Waals surface area contributed by atoms with Gasteiger partial charge >= 0.3 is 0 Å². The lowest BCUT2D eigenvalue weighted by Crippen LogP contribution is -2.32. The van der Waals surface area contributed by atoms with Crippen LogP contribution in [0.3, 0.4) is 0 Å². The summed E-state index contributed by atoms with van der Waals surface area (Å²) < 4.78 is 11.1. The van der Waals surface area contributed by atoms with E-state index in [-0.39, 0.29) is 5.91 Å². The standard InChI is InChI=1S/C19H21N3O3S2/c1-3-10-22(12-17-20-21-19(25-17)16-9-6-11-26-16)18(23)13-27-15-8-5-4-7-14(15)24-2/h4-9,11H,3,10,12-13H2,1-2H3. The van der Waals surface area contributed by atoms with E-state index in [1.54, 1.807) is 23.3 Å². The van der Waals surface area contributed by atoms with Crippen molar-refractivity contribution >= 4 is 29.0 Å². The Morgan fingerprint density at radius 2 is 2.11 bits per heavy atom. The summed E-state index contributed by atoms with van der Waals surface area (Å²) in [5.41, 5.74) is 0. The van der Waals surface area contributed by atoms with Crippen LogP contribution >= 0.6 is 23.1 Å². The van der Waals surface area contributed by atoms with Gasteiger partial charge in [0.2, 0.25) is 11.8 Å². The van der Waals surface area contributed by atoms with Crippen molar-refractivity contribution in [3.8, 4) is 16.5 Å². The van der Waals surface area contributed by atoms with Crippen LogP contribution in [-0.2, 0) is 11.3 Å². The van der Waals surface area contributed by atoms with E-state index in [2.05, 4.69) is 10.2 Å². The Bertz CT molecular complexity index is 865. The first-order valence-corrected chi connectivity index (χ1v) is 10.5. The molecule has 1 aromatic carbocycles. The van der Waals surface area contributed by atoms with Crippen molar-refractivity contribution in [1.29, 1.82) is 0 Å². The molecule has 0 bridgehead atoms. The van der Waals surface area contributed by atoms with Gasteiger partial charge in [-0.15, -0.1) is 33.3 Å². The molecule has 0 saturated carbocycles. The highest BCUT2D eigenvalue weighted by atomic mass is 32.2. The lowest BCUT2D eigenvalue weighted by Gasteiger charge is -2.20. The Balaban J connectivity index is 1.63. The van der Waals surface area contributed by atoms with E-state index in [0.717, 1.165) is 21.9 Å². The Labute approximate surface area is 166 Å². The fourth-order valence-corrected chi connectivity index (χ4v) is 4.09. The van der Waals surface area contributed by atoms with E-state index in [1.807, 2.05) is 48.7 Å². The zero-order valence-corrected chi connectivity index (χ0v) is 16.9. The molecule has 6 nitrogen and oxygen atoms in total. The summed E-state index contributed by atoms with van der Waals surface area (Å²) in [6, 6.07) is 11.6. The molecule has 2 heterocycles. The van der Waals surface area contributed by atoms with Gasteiger partial charge in [0.15, 0.2) is 0 Å². The normalized spacial score (nSPS) is 10.7. The number of benzene rings is 1. The first-order chi connectivity index (χ1) is 13.2. The first kappa shape index (κ1) is 19.4. The number of ether oxygens (including phenoxy) is 1. The summed E-state index contributed by atoms with van der Waals surface area (Å²) >= 11 is 3.01. The third-order valence-corrected chi connectivity index (χ3v) is 5.69. The van der Waals surface area contributed by atoms with Gasteiger partial charge in [0, 0.05) is 11.4 Å². The molecule has 3 rings (SSSR count). The predicted octanol–water partition coefficient (Wildman–Crippen LogP) is 4.34. The molecule has 0 N–H and O–H groups in total. The van der Waals surface area contributed by atoms with Crippen LogP contribution in [0.1, 0.15) is 19.2 Å². The average Bonchev–Trinajstić information content (AvgIpc) is 3.37. The minimum Gasteiger partial charge on any atom is -0.496 e. The Hall–Kier alpha value is -2.32. The van der Waals surface area contributed by atoms with Gasteiger partial charge in [0.05, 0.1) is 24.3 Å². The van der Waals surface area contributed by atoms with Gasteiger partial charge in [-0.05, 0) is 30.0 Å². The van der Waals surface area contributed by atoms with Crippen molar-refractivity contribution in [3.63, 3.8) is 0 Å². The summed E-state index contributed by atoms with van der Waals surface area (Å²) in [6.07, 6.45) is 0.858. The number of hydrogen-bond acceptors (Lipinski definition) is 7. The molecule has 3 aromatic rings. The van der Waals surface area contributed by atoms with Crippen LogP contribution in [0.4, 0.5) is 0 Å². The number of amides is 1. The number of carbonyl (C=O) groups is 1. The molecular formula is C19H21N3O3S2. The fraction of sp³-hybridized carbons (Fsp3) is 0.316. The summed E-state index contributed by atoms with van der Waals surface area (Å²) in [5, 5.41) is 10.1. The van der Waals surface area contributed by atoms with Crippen molar-refractivity contribution in [3.05, 3.63) is 47.7 Å². The van der Waals surface area contributed by atoms with Crippen LogP contribution in [0, 0.1) is 0 Å². The number of para-hydroxylation sites is 1. The van der Waals surface area contributed by atoms with Gasteiger partial charge in [-0.3, -0.25) is 4.79 Å². The maximum atomic E-state index is 12.7. The quantitative estimate of drug-likeness (QED) is 0.495. The predicted molar refractivity (Wildman–Crippen MR) is 107 cm³/mol. The Morgan fingerprint density at radius 1 is 1.26 bits per heavy atom. The number of methoxy groups -OCH3 is 1. The number of thioether (sulfide) groups is 1. The molecule has 0 aliphatic carbocycles. The molecule has 27 heavy (non-hydrogen) atoms. The molecule has 0 saturated heterocycles. The first-order valence-electron chi connectivity index (χ1n) is 8.61. The minimum atomic E-state index is 0.0311. The largest absolute Gasteiger partial charge is 0.496 e. The summed E-state index contributed by atoms with van der Waals surface area (Å²) in [5.74, 6) is 2.07. The molecule has 2 aromatic heterocycles. The molecule has 0 fully saturated rings. The van der Waals surface area contributed by atoms with Crippen LogP contribution in [0.25, 0.3) is 10.8 Å². The SMILES string of the molecule is CCCN(Cc1nnc(-c2cccs2)o1)C(=O)CSc1ccccc1OC. The number of carbonyl (C=O) groups excluding carboxylic acids is 1. The van der Waals surface area contributed by atoms with Crippen LogP contribution in [0.2, 0.25) is 0 Å². The lowest BCUT2D eigenvalue weighted by atomic mass is 10.3. The van der Waals surface area contributed by atoms with Crippen molar-refractivity contribution in [2.75, 3.05) is 19.4 Å². The van der Waals surface area contributed by atoms with Crippen LogP contribution in [-0.4, -0.2) is 40.4 Å². The topological polar surface area (TPSA) is 68.5 Å². The minimum absolute atomic E-state index is 0.0311. The second-order valence-corrected chi connectivity index (χ2v) is 7.70. The summed E-state index contributed by atoms with van der Waals surface area (Å²) in [7, 11) is 1.63. The third-order valence-electron chi connectivity index (χ3n) is 3.79. The molecule has 0 aliphatic heterocycles. The van der Waals surface area contributed by atoms with Gasteiger partial charge in [-0.1, -0.05) is 25.1 Å². The van der Waals surface area contributed by atoms with Gasteiger partial charge in [0.25, 0.3) is 5.89 Å². The second kappa shape index (κ2) is 9.57. The highest BCUT2D eigenvalue weighted by molar-refractivity contribution is 8.00. The maximum Gasteiger partial charge on any atom is 0.257 e. The summed E-state index contributed by atoms with van der Waals surface area (Å²) in [6.45, 7) is 3.00. The highest BCUT2D eigenvalue weighted by Gasteiger charge is 2.18. The van der Waals surface area contributed by atoms with Gasteiger partial charge in [-0.25, -0.2) is 0 Å². The van der Waals surface area contributed by atoms with E-state index >= 15 is 0 Å². The van der Waals surface area contributed by atoms with Gasteiger partial charge in [-0.2, -0.15) is 0 Å². The second-order valence-electron chi connectivity index (χ2n) is 5.73. The van der Waals surface area contributed by atoms with E-state index in [4.69, 9.17) is 9.15 Å². The molecule has 0 atom stereocenters.